The second-order valence-electron chi connectivity index (χ2n) is 5.28. The Hall–Kier alpha value is -1.57. The van der Waals surface area contributed by atoms with Crippen LogP contribution in [0.5, 0.6) is 0 Å². The summed E-state index contributed by atoms with van der Waals surface area (Å²) in [6.45, 7) is 3.20. The van der Waals surface area contributed by atoms with E-state index in [0.717, 1.165) is 13.0 Å². The molecule has 0 saturated heterocycles. The van der Waals surface area contributed by atoms with Crippen molar-refractivity contribution in [3.05, 3.63) is 71.8 Å². The highest BCUT2D eigenvalue weighted by Crippen LogP contribution is 2.29. The topological polar surface area (TPSA) is 3.24 Å². The molecule has 2 rings (SSSR count). The fourth-order valence-electron chi connectivity index (χ4n) is 2.55. The third-order valence-corrected chi connectivity index (χ3v) is 3.44. The quantitative estimate of drug-likeness (QED) is 0.703. The van der Waals surface area contributed by atoms with E-state index in [-0.39, 0.29) is 12.4 Å². The highest BCUT2D eigenvalue weighted by atomic mass is 35.5. The van der Waals surface area contributed by atoms with Crippen LogP contribution in [0.2, 0.25) is 0 Å². The molecule has 2 aromatic carbocycles. The van der Waals surface area contributed by atoms with Gasteiger partial charge in [-0.15, -0.1) is 12.4 Å². The van der Waals surface area contributed by atoms with Gasteiger partial charge in [-0.3, -0.25) is 0 Å². The van der Waals surface area contributed by atoms with Crippen LogP contribution in [0.3, 0.4) is 0 Å². The van der Waals surface area contributed by atoms with Gasteiger partial charge in [0.2, 0.25) is 0 Å². The van der Waals surface area contributed by atoms with Crippen LogP contribution in [0.25, 0.3) is 11.1 Å². The fraction of sp³-hybridized carbons (Fsp3) is 0.263. The van der Waals surface area contributed by atoms with E-state index < -0.39 is 0 Å². The largest absolute Gasteiger partial charge is 0.305 e. The highest BCUT2D eigenvalue weighted by Gasteiger charge is 2.10. The third-order valence-electron chi connectivity index (χ3n) is 3.44. The molecule has 0 aliphatic heterocycles. The Bertz CT molecular complexity index is 559. The van der Waals surface area contributed by atoms with E-state index in [9.17, 15) is 0 Å². The predicted octanol–water partition coefficient (Wildman–Crippen LogP) is 4.99. The Labute approximate surface area is 134 Å². The summed E-state index contributed by atoms with van der Waals surface area (Å²) in [4.78, 5) is 2.24. The predicted molar refractivity (Wildman–Crippen MR) is 95.8 cm³/mol. The maximum absolute atomic E-state index is 2.24. The molecule has 21 heavy (non-hydrogen) atoms. The summed E-state index contributed by atoms with van der Waals surface area (Å²) in [7, 11) is 4.25. The lowest BCUT2D eigenvalue weighted by Gasteiger charge is -2.19. The molecule has 0 unspecified atom stereocenters. The number of hydrogen-bond acceptors (Lipinski definition) is 1. The lowest BCUT2D eigenvalue weighted by molar-refractivity contribution is 0.463. The molecular weight excluding hydrogens is 278 g/mol. The van der Waals surface area contributed by atoms with Crippen molar-refractivity contribution >= 4 is 23.6 Å². The Morgan fingerprint density at radius 3 is 1.57 bits per heavy atom. The zero-order valence-electron chi connectivity index (χ0n) is 13.0. The van der Waals surface area contributed by atoms with Gasteiger partial charge < -0.3 is 4.90 Å². The Morgan fingerprint density at radius 2 is 1.19 bits per heavy atom. The number of benzene rings is 2. The third kappa shape index (κ3) is 4.73. The Kier molecular flexibility index (Phi) is 7.21. The van der Waals surface area contributed by atoms with Gasteiger partial charge in [-0.1, -0.05) is 67.6 Å². The maximum Gasteiger partial charge on any atom is 0.0236 e. The molecule has 2 heteroatoms. The number of nitrogens with zero attached hydrogens (tertiary/aromatic N) is 1. The Balaban J connectivity index is 0.00000220. The monoisotopic (exact) mass is 301 g/mol. The molecule has 1 nitrogen and oxygen atoms in total. The van der Waals surface area contributed by atoms with Crippen LogP contribution < -0.4 is 0 Å². The van der Waals surface area contributed by atoms with Crippen LogP contribution in [0, 0.1) is 0 Å². The van der Waals surface area contributed by atoms with Gasteiger partial charge in [-0.25, -0.2) is 0 Å². The summed E-state index contributed by atoms with van der Waals surface area (Å²) >= 11 is 0. The number of allylic oxidation sites excluding steroid dienone is 1. The first kappa shape index (κ1) is 17.5. The number of hydrogen-bond donors (Lipinski definition) is 0. The van der Waals surface area contributed by atoms with Gasteiger partial charge in [0.25, 0.3) is 0 Å². The van der Waals surface area contributed by atoms with Gasteiger partial charge >= 0.3 is 0 Å². The normalized spacial score (nSPS) is 11.8. The van der Waals surface area contributed by atoms with Gasteiger partial charge in [-0.2, -0.15) is 0 Å². The van der Waals surface area contributed by atoms with Crippen molar-refractivity contribution in [3.8, 4) is 0 Å². The van der Waals surface area contributed by atoms with E-state index in [1.54, 1.807) is 0 Å². The van der Waals surface area contributed by atoms with Gasteiger partial charge in [0.15, 0.2) is 0 Å². The molecule has 0 spiro atoms. The van der Waals surface area contributed by atoms with E-state index in [4.69, 9.17) is 0 Å². The Morgan fingerprint density at radius 1 is 0.762 bits per heavy atom. The molecule has 0 aliphatic carbocycles. The van der Waals surface area contributed by atoms with Crippen molar-refractivity contribution in [1.82, 2.24) is 4.90 Å². The molecule has 0 N–H and O–H groups in total. The fourth-order valence-corrected chi connectivity index (χ4v) is 2.55. The van der Waals surface area contributed by atoms with Crippen LogP contribution in [-0.2, 0) is 0 Å². The first-order chi connectivity index (χ1) is 9.72. The molecule has 0 heterocycles. The second kappa shape index (κ2) is 8.66. The standard InChI is InChI=1S/C19H23N.ClH/c1-4-18(16-11-7-5-8-12-16)19(15-20(2)3)17-13-9-6-10-14-17;/h5-14H,4,15H2,1-3H3;1H/b19-18-;. The molecule has 0 amide bonds. The summed E-state index contributed by atoms with van der Waals surface area (Å²) in [5.74, 6) is 0. The zero-order chi connectivity index (χ0) is 14.4. The van der Waals surface area contributed by atoms with Crippen LogP contribution in [0.1, 0.15) is 24.5 Å². The molecule has 0 atom stereocenters. The van der Waals surface area contributed by atoms with Crippen LogP contribution in [0.4, 0.5) is 0 Å². The molecular formula is C19H24ClN. The van der Waals surface area contributed by atoms with Gasteiger partial charge in [0.1, 0.15) is 0 Å². The second-order valence-corrected chi connectivity index (χ2v) is 5.28. The van der Waals surface area contributed by atoms with E-state index >= 15 is 0 Å². The smallest absolute Gasteiger partial charge is 0.0236 e. The van der Waals surface area contributed by atoms with Crippen molar-refractivity contribution < 1.29 is 0 Å². The van der Waals surface area contributed by atoms with Crippen molar-refractivity contribution in [2.24, 2.45) is 0 Å². The molecule has 0 saturated carbocycles. The van der Waals surface area contributed by atoms with Crippen molar-refractivity contribution in [1.29, 1.82) is 0 Å². The molecule has 0 radical (unpaired) electrons. The zero-order valence-corrected chi connectivity index (χ0v) is 13.9. The average molecular weight is 302 g/mol. The van der Waals surface area contributed by atoms with E-state index in [1.807, 2.05) is 0 Å². The number of rotatable bonds is 5. The minimum atomic E-state index is 0. The molecule has 112 valence electrons. The van der Waals surface area contributed by atoms with Crippen molar-refractivity contribution in [2.75, 3.05) is 20.6 Å². The lowest BCUT2D eigenvalue weighted by atomic mass is 9.92. The number of halogens is 1. The summed E-state index contributed by atoms with van der Waals surface area (Å²) in [5, 5.41) is 0. The molecule has 0 aliphatic rings. The van der Waals surface area contributed by atoms with E-state index in [2.05, 4.69) is 86.6 Å². The van der Waals surface area contributed by atoms with Gasteiger partial charge in [-0.05, 0) is 42.8 Å². The van der Waals surface area contributed by atoms with E-state index in [1.165, 1.54) is 22.3 Å². The minimum Gasteiger partial charge on any atom is -0.305 e. The highest BCUT2D eigenvalue weighted by molar-refractivity contribution is 5.91. The van der Waals surface area contributed by atoms with Crippen molar-refractivity contribution in [2.45, 2.75) is 13.3 Å². The maximum atomic E-state index is 2.24. The first-order valence-electron chi connectivity index (χ1n) is 7.20. The summed E-state index contributed by atoms with van der Waals surface area (Å²) in [5.41, 5.74) is 5.51. The van der Waals surface area contributed by atoms with Gasteiger partial charge in [0.05, 0.1) is 0 Å². The SMILES string of the molecule is CC/C(=C(\CN(C)C)c1ccccc1)c1ccccc1.Cl. The first-order valence-corrected chi connectivity index (χ1v) is 7.20. The summed E-state index contributed by atoms with van der Waals surface area (Å²) in [6, 6.07) is 21.4. The van der Waals surface area contributed by atoms with Crippen LogP contribution >= 0.6 is 12.4 Å². The summed E-state index contributed by atoms with van der Waals surface area (Å²) < 4.78 is 0. The average Bonchev–Trinajstić information content (AvgIpc) is 2.49. The van der Waals surface area contributed by atoms with Crippen LogP contribution in [0.15, 0.2) is 60.7 Å². The molecule has 0 aromatic heterocycles. The minimum absolute atomic E-state index is 0. The molecule has 0 fully saturated rings. The van der Waals surface area contributed by atoms with Crippen molar-refractivity contribution in [3.63, 3.8) is 0 Å². The van der Waals surface area contributed by atoms with E-state index in [0.29, 0.717) is 0 Å². The molecule has 0 bridgehead atoms. The lowest BCUT2D eigenvalue weighted by Crippen LogP contribution is -2.15. The van der Waals surface area contributed by atoms with Gasteiger partial charge in [0, 0.05) is 6.54 Å². The van der Waals surface area contributed by atoms with Crippen LogP contribution in [-0.4, -0.2) is 25.5 Å². The number of likely N-dealkylation sites (N-methyl/N-ethyl adjacent to an activating group) is 1. The summed E-state index contributed by atoms with van der Waals surface area (Å²) in [6.07, 6.45) is 1.04. The molecule has 2 aromatic rings.